The van der Waals surface area contributed by atoms with E-state index < -0.39 is 52.7 Å². The van der Waals surface area contributed by atoms with Crippen LogP contribution in [0.3, 0.4) is 0 Å². The van der Waals surface area contributed by atoms with Crippen LogP contribution in [0.4, 0.5) is 0 Å². The molecule has 270 valence electrons. The number of ether oxygens (including phenoxy) is 4. The Balaban J connectivity index is 1.75. The molecule has 1 heterocycles. The molecule has 2 aromatic carbocycles. The molecule has 1 aliphatic heterocycles. The molecule has 1 aliphatic rings. The fourth-order valence-electron chi connectivity index (χ4n) is 5.69. The summed E-state index contributed by atoms with van der Waals surface area (Å²) in [6.07, 6.45) is 0.344. The molecule has 11 nitrogen and oxygen atoms in total. The van der Waals surface area contributed by atoms with Gasteiger partial charge < -0.3 is 24.7 Å². The standard InChI is InChI=1S/C38H55N3O8/c1-36(2,3)48-34(44)30(18-20-32(42)46-24-28-14-10-8-11-15-28)40-22-23-41(27-38(7,39)26-40)31(35(45)49-37(4,5)6)19-21-33(43)47-25-29-16-12-9-13-17-29/h8-17,30-31H,18-27,39H2,1-7H3/t30-,31-/m1/s1. The van der Waals surface area contributed by atoms with Gasteiger partial charge in [0.1, 0.15) is 36.5 Å². The Bertz CT molecular complexity index is 1270. The molecule has 1 fully saturated rings. The smallest absolute Gasteiger partial charge is 0.323 e. The molecule has 0 radical (unpaired) electrons. The quantitative estimate of drug-likeness (QED) is 0.218. The minimum Gasteiger partial charge on any atom is -0.461 e. The maximum Gasteiger partial charge on any atom is 0.323 e. The lowest BCUT2D eigenvalue weighted by molar-refractivity contribution is -0.164. The molecule has 1 saturated heterocycles. The van der Waals surface area contributed by atoms with Crippen LogP contribution in [0.1, 0.15) is 85.3 Å². The van der Waals surface area contributed by atoms with Crippen molar-refractivity contribution >= 4 is 23.9 Å². The molecule has 11 heteroatoms. The summed E-state index contributed by atoms with van der Waals surface area (Å²) in [5, 5.41) is 0. The van der Waals surface area contributed by atoms with Crippen molar-refractivity contribution in [2.75, 3.05) is 26.2 Å². The third-order valence-electron chi connectivity index (χ3n) is 7.77. The van der Waals surface area contributed by atoms with Crippen molar-refractivity contribution in [1.82, 2.24) is 9.80 Å². The van der Waals surface area contributed by atoms with Crippen molar-refractivity contribution in [3.8, 4) is 0 Å². The summed E-state index contributed by atoms with van der Waals surface area (Å²) in [7, 11) is 0. The van der Waals surface area contributed by atoms with Crippen LogP contribution in [-0.2, 0) is 51.3 Å². The molecule has 49 heavy (non-hydrogen) atoms. The van der Waals surface area contributed by atoms with Gasteiger partial charge in [-0.05, 0) is 72.4 Å². The number of nitrogens with two attached hydrogens (primary N) is 1. The molecular formula is C38H55N3O8. The van der Waals surface area contributed by atoms with Crippen LogP contribution in [0.25, 0.3) is 0 Å². The van der Waals surface area contributed by atoms with Gasteiger partial charge in [-0.25, -0.2) is 0 Å². The fourth-order valence-corrected chi connectivity index (χ4v) is 5.69. The highest BCUT2D eigenvalue weighted by atomic mass is 16.6. The number of carbonyl (C=O) groups excluding carboxylic acids is 4. The molecule has 2 aromatic rings. The average molecular weight is 682 g/mol. The zero-order valence-electron chi connectivity index (χ0n) is 30.2. The molecule has 3 rings (SSSR count). The highest BCUT2D eigenvalue weighted by Crippen LogP contribution is 2.24. The highest BCUT2D eigenvalue weighted by molar-refractivity contribution is 5.78. The topological polar surface area (TPSA) is 138 Å². The van der Waals surface area contributed by atoms with Crippen LogP contribution in [0.2, 0.25) is 0 Å². The van der Waals surface area contributed by atoms with E-state index in [2.05, 4.69) is 0 Å². The van der Waals surface area contributed by atoms with E-state index >= 15 is 0 Å². The average Bonchev–Trinajstić information content (AvgIpc) is 3.16. The molecule has 0 bridgehead atoms. The highest BCUT2D eigenvalue weighted by Gasteiger charge is 2.41. The predicted octanol–water partition coefficient (Wildman–Crippen LogP) is 4.79. The second kappa shape index (κ2) is 17.7. The Kier molecular flexibility index (Phi) is 14.3. The molecule has 0 unspecified atom stereocenters. The first kappa shape index (κ1) is 39.6. The SMILES string of the molecule is CC1(N)CN([C@H](CCC(=O)OCc2ccccc2)C(=O)OC(C)(C)C)CCN([C@H](CCC(=O)OCc2ccccc2)C(=O)OC(C)(C)C)C1. The first-order valence-electron chi connectivity index (χ1n) is 17.0. The number of hydrogen-bond acceptors (Lipinski definition) is 11. The normalized spacial score (nSPS) is 16.9. The van der Waals surface area contributed by atoms with Crippen molar-refractivity contribution in [3.05, 3.63) is 71.8 Å². The van der Waals surface area contributed by atoms with Gasteiger partial charge >= 0.3 is 23.9 Å². The van der Waals surface area contributed by atoms with E-state index in [1.165, 1.54) is 0 Å². The van der Waals surface area contributed by atoms with Crippen molar-refractivity contribution in [2.45, 2.75) is 116 Å². The van der Waals surface area contributed by atoms with Crippen LogP contribution >= 0.6 is 0 Å². The lowest BCUT2D eigenvalue weighted by Crippen LogP contribution is -2.56. The minimum atomic E-state index is -0.876. The van der Waals surface area contributed by atoms with Crippen LogP contribution in [0.5, 0.6) is 0 Å². The van der Waals surface area contributed by atoms with Gasteiger partial charge in [-0.15, -0.1) is 0 Å². The number of rotatable bonds is 14. The summed E-state index contributed by atoms with van der Waals surface area (Å²) in [5.41, 5.74) is 6.23. The fraction of sp³-hybridized carbons (Fsp3) is 0.579. The lowest BCUT2D eigenvalue weighted by Gasteiger charge is -2.36. The molecule has 0 aliphatic carbocycles. The van der Waals surface area contributed by atoms with E-state index in [1.54, 1.807) is 41.5 Å². The first-order valence-corrected chi connectivity index (χ1v) is 17.0. The van der Waals surface area contributed by atoms with Crippen molar-refractivity contribution in [2.24, 2.45) is 5.73 Å². The van der Waals surface area contributed by atoms with Gasteiger partial charge in [0.25, 0.3) is 0 Å². The van der Waals surface area contributed by atoms with E-state index in [0.29, 0.717) is 26.2 Å². The summed E-state index contributed by atoms with van der Waals surface area (Å²) in [5.74, 6) is -1.77. The minimum absolute atomic E-state index is 0.00384. The van der Waals surface area contributed by atoms with E-state index in [9.17, 15) is 19.2 Å². The largest absolute Gasteiger partial charge is 0.461 e. The molecule has 2 N–H and O–H groups in total. The van der Waals surface area contributed by atoms with Crippen LogP contribution in [-0.4, -0.2) is 88.7 Å². The number of benzene rings is 2. The summed E-state index contributed by atoms with van der Waals surface area (Å²) in [4.78, 5) is 56.6. The third kappa shape index (κ3) is 14.7. The first-order chi connectivity index (χ1) is 22.9. The van der Waals surface area contributed by atoms with Crippen LogP contribution in [0.15, 0.2) is 60.7 Å². The predicted molar refractivity (Wildman–Crippen MR) is 186 cm³/mol. The molecule has 0 aromatic heterocycles. The summed E-state index contributed by atoms with van der Waals surface area (Å²) in [6.45, 7) is 14.2. The summed E-state index contributed by atoms with van der Waals surface area (Å²) < 4.78 is 22.6. The maximum absolute atomic E-state index is 13.6. The zero-order valence-corrected chi connectivity index (χ0v) is 30.2. The molecule has 0 spiro atoms. The second-order valence-electron chi connectivity index (χ2n) is 15.1. The Labute approximate surface area is 291 Å². The van der Waals surface area contributed by atoms with Crippen molar-refractivity contribution < 1.29 is 38.1 Å². The summed E-state index contributed by atoms with van der Waals surface area (Å²) in [6, 6.07) is 17.2. The third-order valence-corrected chi connectivity index (χ3v) is 7.77. The Morgan fingerprint density at radius 2 is 1.02 bits per heavy atom. The van der Waals surface area contributed by atoms with E-state index in [-0.39, 0.29) is 38.9 Å². The second-order valence-corrected chi connectivity index (χ2v) is 15.1. The van der Waals surface area contributed by atoms with Gasteiger partial charge in [0.2, 0.25) is 0 Å². The van der Waals surface area contributed by atoms with Crippen LogP contribution < -0.4 is 5.73 Å². The van der Waals surface area contributed by atoms with E-state index in [0.717, 1.165) is 11.1 Å². The van der Waals surface area contributed by atoms with E-state index in [4.69, 9.17) is 24.7 Å². The number of hydrogen-bond donors (Lipinski definition) is 1. The van der Waals surface area contributed by atoms with Gasteiger partial charge in [-0.1, -0.05) is 60.7 Å². The molecule has 0 amide bonds. The van der Waals surface area contributed by atoms with Crippen LogP contribution in [0, 0.1) is 0 Å². The number of nitrogens with zero attached hydrogens (tertiary/aromatic N) is 2. The molecule has 2 atom stereocenters. The van der Waals surface area contributed by atoms with E-state index in [1.807, 2.05) is 77.4 Å². The molecular weight excluding hydrogens is 626 g/mol. The monoisotopic (exact) mass is 681 g/mol. The Morgan fingerprint density at radius 1 is 0.673 bits per heavy atom. The maximum atomic E-state index is 13.6. The Hall–Kier alpha value is -3.80. The zero-order chi connectivity index (χ0) is 36.2. The molecule has 0 saturated carbocycles. The van der Waals surface area contributed by atoms with Gasteiger partial charge in [0.05, 0.1) is 0 Å². The Morgan fingerprint density at radius 3 is 1.35 bits per heavy atom. The lowest BCUT2D eigenvalue weighted by atomic mass is 9.99. The number of esters is 4. The van der Waals surface area contributed by atoms with Crippen molar-refractivity contribution in [3.63, 3.8) is 0 Å². The summed E-state index contributed by atoms with van der Waals surface area (Å²) >= 11 is 0. The van der Waals surface area contributed by atoms with Gasteiger partial charge in [-0.2, -0.15) is 0 Å². The van der Waals surface area contributed by atoms with Crippen molar-refractivity contribution in [1.29, 1.82) is 0 Å². The van der Waals surface area contributed by atoms with Gasteiger partial charge in [0, 0.05) is 44.6 Å². The van der Waals surface area contributed by atoms with Gasteiger partial charge in [-0.3, -0.25) is 29.0 Å². The van der Waals surface area contributed by atoms with Gasteiger partial charge in [0.15, 0.2) is 0 Å². The number of carbonyl (C=O) groups is 4.